The topological polar surface area (TPSA) is 114 Å². The summed E-state index contributed by atoms with van der Waals surface area (Å²) in [5, 5.41) is 0. The van der Waals surface area contributed by atoms with Crippen LogP contribution >= 0.6 is 0 Å². The summed E-state index contributed by atoms with van der Waals surface area (Å²) < 4.78 is 0. The zero-order chi connectivity index (χ0) is 0. The van der Waals surface area contributed by atoms with Crippen LogP contribution in [-0.2, 0) is 21.9 Å². The molecule has 0 spiro atoms. The summed E-state index contributed by atoms with van der Waals surface area (Å²) >= 11 is 0. The third-order valence-corrected chi connectivity index (χ3v) is 0. The first-order chi connectivity index (χ1) is 0. The van der Waals surface area contributed by atoms with Gasteiger partial charge in [0.2, 0.25) is 0 Å². The van der Waals surface area contributed by atoms with Crippen LogP contribution in [0, 0.1) is 35.6 Å². The van der Waals surface area contributed by atoms with Gasteiger partial charge in [-0.1, -0.05) is 0 Å². The third kappa shape index (κ3) is 47.3. The molecule has 0 saturated carbocycles. The largest absolute Gasteiger partial charge is 3.00 e. The Kier molecular flexibility index (Phi) is 754. The van der Waals surface area contributed by atoms with Crippen LogP contribution in [0.4, 0.5) is 0 Å². The van der Waals surface area contributed by atoms with Crippen molar-refractivity contribution in [3.05, 3.63) is 0 Å². The maximum absolute atomic E-state index is 0. The standard InChI is InChI=1S/Al.Ba.La.4O/q+3;+2;+3;4*-2. The van der Waals surface area contributed by atoms with E-state index < -0.39 is 0 Å². The Morgan fingerprint density at radius 2 is 0.571 bits per heavy atom. The molecule has 0 N–H and O–H groups in total. The maximum atomic E-state index is 0. The predicted molar refractivity (Wildman–Crippen MR) is 14.3 cm³/mol. The van der Waals surface area contributed by atoms with Crippen molar-refractivity contribution in [2.24, 2.45) is 0 Å². The second-order valence-electron chi connectivity index (χ2n) is 0. The van der Waals surface area contributed by atoms with Gasteiger partial charge >= 0.3 is 102 Å². The molecular weight excluding hydrogens is 367 g/mol. The molecule has 0 aromatic carbocycles. The van der Waals surface area contributed by atoms with Gasteiger partial charge in [0.25, 0.3) is 0 Å². The van der Waals surface area contributed by atoms with Crippen LogP contribution in [0.2, 0.25) is 0 Å². The van der Waals surface area contributed by atoms with E-state index in [4.69, 9.17) is 0 Å². The minimum Gasteiger partial charge on any atom is -2.00 e. The SMILES string of the molecule is [Al+3].[Ba+2].[La+3].[O-2].[O-2].[O-2].[O-2]. The molecule has 0 aliphatic carbocycles. The second-order valence-corrected chi connectivity index (χ2v) is 0. The van der Waals surface area contributed by atoms with Crippen LogP contribution in [0.25, 0.3) is 0 Å². The summed E-state index contributed by atoms with van der Waals surface area (Å²) in [4.78, 5) is 0. The molecule has 0 aromatic rings. The van der Waals surface area contributed by atoms with Crippen molar-refractivity contribution < 1.29 is 57.5 Å². The number of hydrogen-bond donors (Lipinski definition) is 0. The summed E-state index contributed by atoms with van der Waals surface area (Å²) in [5.41, 5.74) is 0. The molecule has 7 heavy (non-hydrogen) atoms. The quantitative estimate of drug-likeness (QED) is 0.477. The maximum Gasteiger partial charge on any atom is 3.00 e. The molecular formula is AlBaLaO4. The van der Waals surface area contributed by atoms with Crippen LogP contribution in [0.15, 0.2) is 0 Å². The number of rotatable bonds is 0. The first-order valence-electron chi connectivity index (χ1n) is 0. The first-order valence-corrected chi connectivity index (χ1v) is 0. The molecule has 0 atom stereocenters. The predicted octanol–water partition coefficient (Wildman–Crippen LogP) is -1.24. The van der Waals surface area contributed by atoms with Crippen LogP contribution < -0.4 is 0 Å². The Bertz CT molecular complexity index is 11.7. The molecule has 0 aromatic heterocycles. The smallest absolute Gasteiger partial charge is 2.00 e. The van der Waals surface area contributed by atoms with Crippen molar-refractivity contribution in [3.8, 4) is 0 Å². The number of hydrogen-bond acceptors (Lipinski definition) is 0. The normalized spacial score (nSPS) is 0. The fourth-order valence-electron chi connectivity index (χ4n) is 0. The Labute approximate surface area is 121 Å². The Balaban J connectivity index is 0. The molecule has 0 heterocycles. The van der Waals surface area contributed by atoms with E-state index in [1.54, 1.807) is 0 Å². The van der Waals surface area contributed by atoms with E-state index in [9.17, 15) is 0 Å². The van der Waals surface area contributed by atoms with E-state index in [1.807, 2.05) is 0 Å². The molecule has 32 valence electrons. The second kappa shape index (κ2) is 61.4. The van der Waals surface area contributed by atoms with E-state index >= 15 is 0 Å². The molecule has 0 saturated heterocycles. The summed E-state index contributed by atoms with van der Waals surface area (Å²) in [6.07, 6.45) is 0. The Morgan fingerprint density at radius 3 is 0.571 bits per heavy atom. The van der Waals surface area contributed by atoms with Gasteiger partial charge in [0, 0.05) is 0 Å². The molecule has 4 nitrogen and oxygen atoms in total. The third-order valence-electron chi connectivity index (χ3n) is 0. The minimum absolute atomic E-state index is 0. The summed E-state index contributed by atoms with van der Waals surface area (Å²) in [7, 11) is 0. The molecule has 0 rings (SSSR count). The molecule has 0 aliphatic rings. The fraction of sp³-hybridized carbons (Fsp3) is 0. The monoisotopic (exact) mass is 368 g/mol. The van der Waals surface area contributed by atoms with Gasteiger partial charge in [-0.15, -0.1) is 0 Å². The zero-order valence-corrected chi connectivity index (χ0v) is 12.7. The van der Waals surface area contributed by atoms with Crippen molar-refractivity contribution in [1.82, 2.24) is 0 Å². The van der Waals surface area contributed by atoms with E-state index in [-0.39, 0.29) is 124 Å². The van der Waals surface area contributed by atoms with Crippen LogP contribution in [0.3, 0.4) is 0 Å². The van der Waals surface area contributed by atoms with Gasteiger partial charge in [-0.05, 0) is 0 Å². The van der Waals surface area contributed by atoms with Crippen LogP contribution in [0.5, 0.6) is 0 Å². The Hall–Kier alpha value is 3.14. The van der Waals surface area contributed by atoms with Gasteiger partial charge in [0.15, 0.2) is 0 Å². The van der Waals surface area contributed by atoms with Gasteiger partial charge in [-0.2, -0.15) is 0 Å². The van der Waals surface area contributed by atoms with Gasteiger partial charge in [-0.25, -0.2) is 0 Å². The fourth-order valence-corrected chi connectivity index (χ4v) is 0. The van der Waals surface area contributed by atoms with Gasteiger partial charge in [0.1, 0.15) is 0 Å². The minimum atomic E-state index is 0. The van der Waals surface area contributed by atoms with Crippen molar-refractivity contribution in [2.75, 3.05) is 0 Å². The van der Waals surface area contributed by atoms with Crippen molar-refractivity contribution in [3.63, 3.8) is 0 Å². The average molecular weight is 367 g/mol. The van der Waals surface area contributed by atoms with Gasteiger partial charge < -0.3 is 21.9 Å². The van der Waals surface area contributed by atoms with E-state index in [0.717, 1.165) is 0 Å². The molecule has 0 fully saturated rings. The van der Waals surface area contributed by atoms with Crippen molar-refractivity contribution in [1.29, 1.82) is 0 Å². The van der Waals surface area contributed by atoms with E-state index in [0.29, 0.717) is 0 Å². The molecule has 0 radical (unpaired) electrons. The first kappa shape index (κ1) is 86.0. The van der Waals surface area contributed by atoms with Gasteiger partial charge in [-0.3, -0.25) is 0 Å². The van der Waals surface area contributed by atoms with E-state index in [1.165, 1.54) is 0 Å². The summed E-state index contributed by atoms with van der Waals surface area (Å²) in [5.74, 6) is 0. The van der Waals surface area contributed by atoms with Gasteiger partial charge in [0.05, 0.1) is 0 Å². The molecule has 0 amide bonds. The molecule has 7 heteroatoms. The zero-order valence-electron chi connectivity index (χ0n) is 3.49. The summed E-state index contributed by atoms with van der Waals surface area (Å²) in [6.45, 7) is 0. The van der Waals surface area contributed by atoms with Crippen LogP contribution in [-0.4, -0.2) is 66.2 Å². The van der Waals surface area contributed by atoms with Crippen molar-refractivity contribution >= 4 is 66.2 Å². The molecule has 0 unspecified atom stereocenters. The average Bonchev–Trinajstić information content (AvgIpc) is 0. The Morgan fingerprint density at radius 1 is 0.571 bits per heavy atom. The van der Waals surface area contributed by atoms with E-state index in [2.05, 4.69) is 0 Å². The van der Waals surface area contributed by atoms with Crippen LogP contribution in [0.1, 0.15) is 0 Å². The molecule has 0 aliphatic heterocycles. The molecule has 0 bridgehead atoms. The van der Waals surface area contributed by atoms with Crippen molar-refractivity contribution in [2.45, 2.75) is 0 Å². The summed E-state index contributed by atoms with van der Waals surface area (Å²) in [6, 6.07) is 0.